The van der Waals surface area contributed by atoms with Gasteiger partial charge >= 0.3 is 0 Å². The summed E-state index contributed by atoms with van der Waals surface area (Å²) in [5, 5.41) is 12.0. The molecule has 0 radical (unpaired) electrons. The van der Waals surface area contributed by atoms with Crippen LogP contribution in [0.3, 0.4) is 0 Å². The Morgan fingerprint density at radius 2 is 1.70 bits per heavy atom. The molecule has 2 nitrogen and oxygen atoms in total. The molecular weight excluding hydrogens is 265 g/mol. The zero-order valence-corrected chi connectivity index (χ0v) is 13.2. The van der Waals surface area contributed by atoms with E-state index in [1.807, 2.05) is 24.3 Å². The molecule has 0 saturated carbocycles. The first kappa shape index (κ1) is 15.2. The molecule has 0 aliphatic rings. The minimum atomic E-state index is -0.498. The molecule has 1 N–H and O–H groups in total. The van der Waals surface area contributed by atoms with Gasteiger partial charge in [-0.3, -0.25) is 4.98 Å². The number of benzene rings is 1. The lowest BCUT2D eigenvalue weighted by molar-refractivity contribution is 0.197. The lowest BCUT2D eigenvalue weighted by Gasteiger charge is -2.33. The summed E-state index contributed by atoms with van der Waals surface area (Å²) in [5.74, 6) is 0. The first-order chi connectivity index (χ1) is 9.48. The fourth-order valence-corrected chi connectivity index (χ4v) is 4.81. The molecular formula is C17H22NOP. The van der Waals surface area contributed by atoms with Crippen LogP contribution in [0.25, 0.3) is 0 Å². The molecule has 0 fully saturated rings. The van der Waals surface area contributed by atoms with E-state index in [4.69, 9.17) is 0 Å². The number of rotatable bonds is 4. The van der Waals surface area contributed by atoms with E-state index < -0.39 is 14.0 Å². The third-order valence-electron chi connectivity index (χ3n) is 3.26. The van der Waals surface area contributed by atoms with Crippen molar-refractivity contribution in [1.82, 2.24) is 4.98 Å². The Morgan fingerprint density at radius 1 is 1.05 bits per heavy atom. The predicted molar refractivity (Wildman–Crippen MR) is 86.8 cm³/mol. The van der Waals surface area contributed by atoms with Crippen LogP contribution in [0.5, 0.6) is 0 Å². The highest BCUT2D eigenvalue weighted by molar-refractivity contribution is 7.67. The van der Waals surface area contributed by atoms with Crippen molar-refractivity contribution in [3.8, 4) is 0 Å². The largest absolute Gasteiger partial charge is 0.386 e. The second-order valence-corrected chi connectivity index (χ2v) is 8.97. The van der Waals surface area contributed by atoms with Crippen LogP contribution in [0.1, 0.15) is 32.6 Å². The lowest BCUT2D eigenvalue weighted by atomic mass is 10.2. The second kappa shape index (κ2) is 6.47. The Bertz CT molecular complexity index is 522. The molecule has 1 unspecified atom stereocenters. The minimum absolute atomic E-state index is 0.159. The maximum atomic E-state index is 10.5. The van der Waals surface area contributed by atoms with E-state index in [1.165, 1.54) is 5.30 Å². The molecule has 106 valence electrons. The number of pyridine rings is 1. The van der Waals surface area contributed by atoms with Gasteiger partial charge in [0.15, 0.2) is 0 Å². The summed E-state index contributed by atoms with van der Waals surface area (Å²) < 4.78 is 0. The molecule has 0 aliphatic heterocycles. The third-order valence-corrected chi connectivity index (χ3v) is 6.51. The van der Waals surface area contributed by atoms with Crippen molar-refractivity contribution in [3.05, 3.63) is 60.4 Å². The van der Waals surface area contributed by atoms with Crippen molar-refractivity contribution in [1.29, 1.82) is 0 Å². The van der Waals surface area contributed by atoms with Crippen molar-refractivity contribution in [2.75, 3.05) is 6.16 Å². The van der Waals surface area contributed by atoms with Crippen LogP contribution >= 0.6 is 7.92 Å². The zero-order valence-electron chi connectivity index (χ0n) is 12.3. The van der Waals surface area contributed by atoms with Crippen LogP contribution in [-0.2, 0) is 0 Å². The van der Waals surface area contributed by atoms with Gasteiger partial charge in [-0.25, -0.2) is 0 Å². The molecule has 3 heteroatoms. The highest BCUT2D eigenvalue weighted by atomic mass is 31.1. The highest BCUT2D eigenvalue weighted by Crippen LogP contribution is 2.50. The Morgan fingerprint density at radius 3 is 2.25 bits per heavy atom. The summed E-state index contributed by atoms with van der Waals surface area (Å²) >= 11 is 0. The number of aromatic nitrogens is 1. The molecule has 20 heavy (non-hydrogen) atoms. The van der Waals surface area contributed by atoms with Gasteiger partial charge in [-0.1, -0.05) is 65.1 Å². The first-order valence-corrected chi connectivity index (χ1v) is 8.43. The molecule has 0 spiro atoms. The van der Waals surface area contributed by atoms with Gasteiger partial charge < -0.3 is 5.11 Å². The van der Waals surface area contributed by atoms with Gasteiger partial charge in [0.05, 0.1) is 5.69 Å². The van der Waals surface area contributed by atoms with Crippen LogP contribution in [0.15, 0.2) is 54.7 Å². The van der Waals surface area contributed by atoms with Crippen LogP contribution in [0.4, 0.5) is 0 Å². The zero-order chi connectivity index (χ0) is 14.6. The normalized spacial score (nSPS) is 14.8. The van der Waals surface area contributed by atoms with Crippen LogP contribution < -0.4 is 5.30 Å². The van der Waals surface area contributed by atoms with Crippen LogP contribution in [-0.4, -0.2) is 21.4 Å². The number of aliphatic hydroxyl groups is 1. The molecule has 1 aromatic carbocycles. The number of hydrogen-bond acceptors (Lipinski definition) is 2. The Balaban J connectivity index is 2.22. The number of nitrogens with zero attached hydrogens (tertiary/aromatic N) is 1. The van der Waals surface area contributed by atoms with E-state index in [-0.39, 0.29) is 5.16 Å². The van der Waals surface area contributed by atoms with E-state index in [1.54, 1.807) is 6.20 Å². The maximum absolute atomic E-state index is 10.5. The van der Waals surface area contributed by atoms with Gasteiger partial charge in [-0.2, -0.15) is 0 Å². The van der Waals surface area contributed by atoms with Gasteiger partial charge in [0.2, 0.25) is 0 Å². The fourth-order valence-electron chi connectivity index (χ4n) is 2.21. The minimum Gasteiger partial charge on any atom is -0.386 e. The van der Waals surface area contributed by atoms with Gasteiger partial charge in [-0.05, 0) is 22.6 Å². The first-order valence-electron chi connectivity index (χ1n) is 6.90. The van der Waals surface area contributed by atoms with Gasteiger partial charge in [0.25, 0.3) is 0 Å². The molecule has 2 rings (SSSR count). The topological polar surface area (TPSA) is 33.1 Å². The van der Waals surface area contributed by atoms with Crippen LogP contribution in [0, 0.1) is 0 Å². The van der Waals surface area contributed by atoms with Crippen molar-refractivity contribution in [2.24, 2.45) is 0 Å². The molecule has 2 atom stereocenters. The Kier molecular flexibility index (Phi) is 4.91. The molecule has 1 aromatic heterocycles. The molecule has 0 saturated heterocycles. The summed E-state index contributed by atoms with van der Waals surface area (Å²) in [7, 11) is -0.450. The van der Waals surface area contributed by atoms with Crippen LogP contribution in [0.2, 0.25) is 0 Å². The molecule has 1 heterocycles. The Hall–Kier alpha value is -1.24. The summed E-state index contributed by atoms with van der Waals surface area (Å²) in [6.45, 7) is 6.74. The fraction of sp³-hybridized carbons (Fsp3) is 0.353. The molecule has 2 aromatic rings. The van der Waals surface area contributed by atoms with Gasteiger partial charge in [0.1, 0.15) is 6.10 Å². The van der Waals surface area contributed by atoms with E-state index >= 15 is 0 Å². The smallest absolute Gasteiger partial charge is 0.100 e. The van der Waals surface area contributed by atoms with E-state index in [9.17, 15) is 5.11 Å². The number of aliphatic hydroxyl groups excluding tert-OH is 1. The summed E-state index contributed by atoms with van der Waals surface area (Å²) in [6.07, 6.45) is 1.99. The summed E-state index contributed by atoms with van der Waals surface area (Å²) in [5.41, 5.74) is 0.764. The van der Waals surface area contributed by atoms with E-state index in [0.29, 0.717) is 0 Å². The SMILES string of the molecule is CC(C)(C)P(C[C@H](O)c1ccccn1)c1ccccc1. The third kappa shape index (κ3) is 3.88. The summed E-state index contributed by atoms with van der Waals surface area (Å²) in [6, 6.07) is 16.2. The average molecular weight is 287 g/mol. The molecule has 0 aliphatic carbocycles. The standard InChI is InChI=1S/C17H22NOP/c1-17(2,3)20(14-9-5-4-6-10-14)13-16(19)15-11-7-8-12-18-15/h4-12,16,19H,13H2,1-3H3/t16-,20?/m0/s1. The second-order valence-electron chi connectivity index (χ2n) is 5.89. The summed E-state index contributed by atoms with van der Waals surface area (Å²) in [4.78, 5) is 4.27. The maximum Gasteiger partial charge on any atom is 0.100 e. The van der Waals surface area contributed by atoms with Gasteiger partial charge in [0, 0.05) is 12.4 Å². The van der Waals surface area contributed by atoms with Crippen molar-refractivity contribution in [3.63, 3.8) is 0 Å². The van der Waals surface area contributed by atoms with E-state index in [2.05, 4.69) is 50.0 Å². The van der Waals surface area contributed by atoms with Crippen molar-refractivity contribution < 1.29 is 5.11 Å². The average Bonchev–Trinajstić information content (AvgIpc) is 2.45. The monoisotopic (exact) mass is 287 g/mol. The van der Waals surface area contributed by atoms with E-state index in [0.717, 1.165) is 11.9 Å². The van der Waals surface area contributed by atoms with Gasteiger partial charge in [-0.15, -0.1) is 0 Å². The highest BCUT2D eigenvalue weighted by Gasteiger charge is 2.28. The predicted octanol–water partition coefficient (Wildman–Crippen LogP) is 3.72. The van der Waals surface area contributed by atoms with Crippen molar-refractivity contribution >= 4 is 13.2 Å². The molecule has 0 amide bonds. The lowest BCUT2D eigenvalue weighted by Crippen LogP contribution is -2.23. The Labute approximate surface area is 122 Å². The van der Waals surface area contributed by atoms with Crippen molar-refractivity contribution in [2.45, 2.75) is 32.0 Å². The number of hydrogen-bond donors (Lipinski definition) is 1. The molecule has 0 bridgehead atoms. The quantitative estimate of drug-likeness (QED) is 0.869.